The number of rotatable bonds is 3. The van der Waals surface area contributed by atoms with Crippen LogP contribution in [0.1, 0.15) is 22.9 Å². The summed E-state index contributed by atoms with van der Waals surface area (Å²) in [6.45, 7) is 0. The first-order valence-electron chi connectivity index (χ1n) is 9.43. The molecule has 0 saturated heterocycles. The zero-order valence-corrected chi connectivity index (χ0v) is 18.1. The van der Waals surface area contributed by atoms with Gasteiger partial charge in [0.1, 0.15) is 6.17 Å². The molecule has 1 aliphatic heterocycles. The highest BCUT2D eigenvalue weighted by molar-refractivity contribution is 9.10. The van der Waals surface area contributed by atoms with Crippen molar-refractivity contribution in [3.63, 3.8) is 0 Å². The van der Waals surface area contributed by atoms with Gasteiger partial charge in [0.25, 0.3) is 0 Å². The van der Waals surface area contributed by atoms with Gasteiger partial charge in [-0.2, -0.15) is 0 Å². The molecule has 4 aromatic rings. The van der Waals surface area contributed by atoms with Crippen molar-refractivity contribution in [1.29, 1.82) is 0 Å². The lowest BCUT2D eigenvalue weighted by atomic mass is 10.1. The average molecular weight is 465 g/mol. The van der Waals surface area contributed by atoms with Gasteiger partial charge in [-0.15, -0.1) is 0 Å². The summed E-state index contributed by atoms with van der Waals surface area (Å²) in [5.74, 6) is 0. The second-order valence-corrected chi connectivity index (χ2v) is 8.54. The molecule has 144 valence electrons. The minimum absolute atomic E-state index is 0.0129. The van der Waals surface area contributed by atoms with Crippen molar-refractivity contribution in [1.82, 2.24) is 15.2 Å². The van der Waals surface area contributed by atoms with Gasteiger partial charge >= 0.3 is 0 Å². The predicted octanol–water partition coefficient (Wildman–Crippen LogP) is 6.64. The molecule has 2 heterocycles. The van der Waals surface area contributed by atoms with E-state index < -0.39 is 0 Å². The zero-order valence-electron chi connectivity index (χ0n) is 15.8. The SMILES string of the molecule is CN1C(c2ccccc2)=C(c2ccc(Cl)cc2)NC1c1c[nH]c2ccc(Br)cc12. The normalized spacial score (nSPS) is 16.5. The van der Waals surface area contributed by atoms with E-state index in [9.17, 15) is 0 Å². The molecule has 1 aromatic heterocycles. The molecule has 3 nitrogen and oxygen atoms in total. The smallest absolute Gasteiger partial charge is 0.127 e. The van der Waals surface area contributed by atoms with Crippen LogP contribution in [-0.2, 0) is 0 Å². The Labute approximate surface area is 183 Å². The van der Waals surface area contributed by atoms with Crippen LogP contribution in [0.3, 0.4) is 0 Å². The van der Waals surface area contributed by atoms with Crippen LogP contribution in [0, 0.1) is 0 Å². The fraction of sp³-hybridized carbons (Fsp3) is 0.0833. The molecule has 0 radical (unpaired) electrons. The van der Waals surface area contributed by atoms with Crippen molar-refractivity contribution < 1.29 is 0 Å². The van der Waals surface area contributed by atoms with Crippen LogP contribution in [0.4, 0.5) is 0 Å². The highest BCUT2D eigenvalue weighted by atomic mass is 79.9. The molecular weight excluding hydrogens is 446 g/mol. The van der Waals surface area contributed by atoms with Crippen LogP contribution in [0.5, 0.6) is 0 Å². The summed E-state index contributed by atoms with van der Waals surface area (Å²) in [6, 6.07) is 24.8. The van der Waals surface area contributed by atoms with E-state index in [0.717, 1.165) is 26.3 Å². The third-order valence-corrected chi connectivity index (χ3v) is 6.15. The molecule has 0 aliphatic carbocycles. The molecule has 2 N–H and O–H groups in total. The molecule has 0 spiro atoms. The summed E-state index contributed by atoms with van der Waals surface area (Å²) in [5.41, 5.74) is 6.90. The van der Waals surface area contributed by atoms with Crippen molar-refractivity contribution in [3.8, 4) is 0 Å². The molecule has 1 aliphatic rings. The number of hydrogen-bond donors (Lipinski definition) is 2. The molecule has 1 unspecified atom stereocenters. The van der Waals surface area contributed by atoms with Gasteiger partial charge in [-0.05, 0) is 41.5 Å². The van der Waals surface area contributed by atoms with E-state index in [1.807, 2.05) is 18.2 Å². The number of nitrogens with one attached hydrogen (secondary N) is 2. The minimum Gasteiger partial charge on any atom is -0.361 e. The molecule has 0 bridgehead atoms. The van der Waals surface area contributed by atoms with Crippen LogP contribution >= 0.6 is 27.5 Å². The highest BCUT2D eigenvalue weighted by Gasteiger charge is 2.32. The summed E-state index contributed by atoms with van der Waals surface area (Å²) < 4.78 is 1.07. The number of aromatic amines is 1. The maximum atomic E-state index is 6.14. The Hall–Kier alpha value is -2.69. The second-order valence-electron chi connectivity index (χ2n) is 7.19. The van der Waals surface area contributed by atoms with Crippen LogP contribution in [0.25, 0.3) is 22.3 Å². The fourth-order valence-corrected chi connectivity index (χ4v) is 4.50. The Balaban J connectivity index is 1.65. The third-order valence-electron chi connectivity index (χ3n) is 5.41. The first kappa shape index (κ1) is 18.3. The quantitative estimate of drug-likeness (QED) is 0.356. The third kappa shape index (κ3) is 3.22. The summed E-state index contributed by atoms with van der Waals surface area (Å²) >= 11 is 9.74. The lowest BCUT2D eigenvalue weighted by Gasteiger charge is -2.24. The molecule has 0 saturated carbocycles. The average Bonchev–Trinajstić information content (AvgIpc) is 3.29. The van der Waals surface area contributed by atoms with Gasteiger partial charge in [0.2, 0.25) is 0 Å². The Morgan fingerprint density at radius 1 is 0.931 bits per heavy atom. The van der Waals surface area contributed by atoms with Crippen molar-refractivity contribution in [3.05, 3.63) is 105 Å². The topological polar surface area (TPSA) is 31.1 Å². The number of fused-ring (bicyclic) bond motifs is 1. The largest absolute Gasteiger partial charge is 0.361 e. The number of hydrogen-bond acceptors (Lipinski definition) is 2. The standard InChI is InChI=1S/C24H19BrClN3/c1-29-23(16-5-3-2-4-6-16)22(15-7-10-18(26)11-8-15)28-24(29)20-14-27-21-12-9-17(25)13-19(20)21/h2-14,24,27-28H,1H3. The molecule has 1 atom stereocenters. The van der Waals surface area contributed by atoms with Gasteiger partial charge < -0.3 is 15.2 Å². The van der Waals surface area contributed by atoms with Crippen molar-refractivity contribution in [2.24, 2.45) is 0 Å². The van der Waals surface area contributed by atoms with Gasteiger partial charge in [-0.3, -0.25) is 0 Å². The van der Waals surface area contributed by atoms with Crippen LogP contribution in [0.2, 0.25) is 5.02 Å². The predicted molar refractivity (Wildman–Crippen MR) is 124 cm³/mol. The van der Waals surface area contributed by atoms with E-state index in [4.69, 9.17) is 11.6 Å². The lowest BCUT2D eigenvalue weighted by Crippen LogP contribution is -2.25. The summed E-state index contributed by atoms with van der Waals surface area (Å²) in [6.07, 6.45) is 2.11. The Morgan fingerprint density at radius 2 is 1.69 bits per heavy atom. The lowest BCUT2D eigenvalue weighted by molar-refractivity contribution is 0.358. The Morgan fingerprint density at radius 3 is 2.45 bits per heavy atom. The summed E-state index contributed by atoms with van der Waals surface area (Å²) in [7, 11) is 2.14. The van der Waals surface area contributed by atoms with E-state index >= 15 is 0 Å². The number of aromatic nitrogens is 1. The molecule has 5 heteroatoms. The van der Waals surface area contributed by atoms with E-state index in [2.05, 4.69) is 99.0 Å². The van der Waals surface area contributed by atoms with E-state index in [0.29, 0.717) is 0 Å². The van der Waals surface area contributed by atoms with Gasteiger partial charge in [-0.1, -0.05) is 70.0 Å². The van der Waals surface area contributed by atoms with Gasteiger partial charge in [0.05, 0.1) is 11.4 Å². The highest BCUT2D eigenvalue weighted by Crippen LogP contribution is 2.41. The minimum atomic E-state index is 0.0129. The molecule has 5 rings (SSSR count). The fourth-order valence-electron chi connectivity index (χ4n) is 4.01. The van der Waals surface area contributed by atoms with E-state index in [1.165, 1.54) is 22.2 Å². The maximum absolute atomic E-state index is 6.14. The van der Waals surface area contributed by atoms with Crippen LogP contribution < -0.4 is 5.32 Å². The number of benzene rings is 3. The Bertz CT molecular complexity index is 1210. The number of halogens is 2. The van der Waals surface area contributed by atoms with Gasteiger partial charge in [-0.25, -0.2) is 0 Å². The first-order chi connectivity index (χ1) is 14.1. The van der Waals surface area contributed by atoms with E-state index in [-0.39, 0.29) is 6.17 Å². The molecule has 0 fully saturated rings. The molecule has 29 heavy (non-hydrogen) atoms. The Kier molecular flexibility index (Phi) is 4.61. The van der Waals surface area contributed by atoms with Gasteiger partial charge in [0, 0.05) is 39.2 Å². The van der Waals surface area contributed by atoms with E-state index in [1.54, 1.807) is 0 Å². The summed E-state index contributed by atoms with van der Waals surface area (Å²) in [5, 5.41) is 5.70. The second kappa shape index (κ2) is 7.29. The first-order valence-corrected chi connectivity index (χ1v) is 10.6. The summed E-state index contributed by atoms with van der Waals surface area (Å²) in [4.78, 5) is 5.71. The molecule has 3 aromatic carbocycles. The number of nitrogens with zero attached hydrogens (tertiary/aromatic N) is 1. The number of H-pyrrole nitrogens is 1. The van der Waals surface area contributed by atoms with Crippen molar-refractivity contribution >= 4 is 49.8 Å². The van der Waals surface area contributed by atoms with Crippen LogP contribution in [0.15, 0.2) is 83.5 Å². The molecule has 0 amide bonds. The van der Waals surface area contributed by atoms with Crippen LogP contribution in [-0.4, -0.2) is 16.9 Å². The maximum Gasteiger partial charge on any atom is 0.127 e. The van der Waals surface area contributed by atoms with Crippen molar-refractivity contribution in [2.45, 2.75) is 6.17 Å². The molecular formula is C24H19BrClN3. The zero-order chi connectivity index (χ0) is 20.0. The monoisotopic (exact) mass is 463 g/mol. The van der Waals surface area contributed by atoms with Gasteiger partial charge in [0.15, 0.2) is 0 Å². The van der Waals surface area contributed by atoms with Crippen molar-refractivity contribution in [2.75, 3.05) is 7.05 Å².